The molecule has 0 spiro atoms. The van der Waals surface area contributed by atoms with Crippen LogP contribution in [-0.4, -0.2) is 31.1 Å². The van der Waals surface area contributed by atoms with E-state index in [9.17, 15) is 14.0 Å². The van der Waals surface area contributed by atoms with Crippen molar-refractivity contribution in [2.75, 3.05) is 18.1 Å². The molecule has 1 atom stereocenters. The van der Waals surface area contributed by atoms with Crippen LogP contribution < -0.4 is 9.64 Å². The maximum absolute atomic E-state index is 13.3. The van der Waals surface area contributed by atoms with Crippen LogP contribution in [0.2, 0.25) is 0 Å². The number of nitrogens with zero attached hydrogens (tertiary/aromatic N) is 2. The molecule has 0 N–H and O–H groups in total. The van der Waals surface area contributed by atoms with Gasteiger partial charge in [0.05, 0.1) is 24.8 Å². The van der Waals surface area contributed by atoms with Crippen molar-refractivity contribution in [2.45, 2.75) is 19.4 Å². The van der Waals surface area contributed by atoms with Gasteiger partial charge in [-0.15, -0.1) is 0 Å². The van der Waals surface area contributed by atoms with Gasteiger partial charge in [-0.2, -0.15) is 5.26 Å². The number of carbonyl (C=O) groups is 2. The average Bonchev–Trinajstić information content (AvgIpc) is 2.44. The van der Waals surface area contributed by atoms with Gasteiger partial charge >= 0.3 is 5.97 Å². The highest BCUT2D eigenvalue weighted by Gasteiger charge is 2.36. The fraction of sp³-hybridized carbons (Fsp3) is 0.357. The molecule has 1 aromatic rings. The van der Waals surface area contributed by atoms with Gasteiger partial charge < -0.3 is 9.47 Å². The van der Waals surface area contributed by atoms with Crippen LogP contribution in [0.25, 0.3) is 0 Å². The van der Waals surface area contributed by atoms with Gasteiger partial charge in [0.2, 0.25) is 0 Å². The Balaban J connectivity index is 2.29. The van der Waals surface area contributed by atoms with Gasteiger partial charge in [0.15, 0.2) is 6.10 Å². The zero-order valence-corrected chi connectivity index (χ0v) is 11.3. The maximum atomic E-state index is 13.3. The summed E-state index contributed by atoms with van der Waals surface area (Å²) in [5, 5.41) is 8.81. The number of ether oxygens (including phenoxy) is 2. The molecule has 1 aliphatic rings. The van der Waals surface area contributed by atoms with E-state index in [1.54, 1.807) is 6.92 Å². The van der Waals surface area contributed by atoms with E-state index in [0.717, 1.165) is 11.0 Å². The molecule has 0 radical (unpaired) electrons. The van der Waals surface area contributed by atoms with Crippen LogP contribution in [0.5, 0.6) is 5.75 Å². The van der Waals surface area contributed by atoms with Crippen molar-refractivity contribution in [1.82, 2.24) is 0 Å². The summed E-state index contributed by atoms with van der Waals surface area (Å²) in [5.41, 5.74) is 0.182. The molecule has 0 fully saturated rings. The molecule has 0 saturated heterocycles. The second-order valence-electron chi connectivity index (χ2n) is 4.31. The second-order valence-corrected chi connectivity index (χ2v) is 4.31. The van der Waals surface area contributed by atoms with Crippen molar-refractivity contribution < 1.29 is 23.5 Å². The Morgan fingerprint density at radius 3 is 3.00 bits per heavy atom. The molecule has 110 valence electrons. The van der Waals surface area contributed by atoms with Gasteiger partial charge in [-0.3, -0.25) is 14.5 Å². The van der Waals surface area contributed by atoms with E-state index < -0.39 is 23.8 Å². The molecular weight excluding hydrogens is 279 g/mol. The van der Waals surface area contributed by atoms with E-state index >= 15 is 0 Å². The Morgan fingerprint density at radius 1 is 1.57 bits per heavy atom. The third kappa shape index (κ3) is 3.11. The number of halogens is 1. The third-order valence-electron chi connectivity index (χ3n) is 2.91. The highest BCUT2D eigenvalue weighted by Crippen LogP contribution is 2.35. The Morgan fingerprint density at radius 2 is 2.33 bits per heavy atom. The molecule has 21 heavy (non-hydrogen) atoms. The largest absolute Gasteiger partial charge is 0.478 e. The highest BCUT2D eigenvalue weighted by atomic mass is 19.1. The van der Waals surface area contributed by atoms with Crippen LogP contribution in [-0.2, 0) is 14.3 Å². The minimum Gasteiger partial charge on any atom is -0.478 e. The van der Waals surface area contributed by atoms with Gasteiger partial charge in [-0.25, -0.2) is 4.39 Å². The molecule has 7 heteroatoms. The number of benzene rings is 1. The third-order valence-corrected chi connectivity index (χ3v) is 2.91. The first-order valence-corrected chi connectivity index (χ1v) is 6.37. The minimum atomic E-state index is -1.07. The summed E-state index contributed by atoms with van der Waals surface area (Å²) in [7, 11) is 0. The normalized spacial score (nSPS) is 16.7. The van der Waals surface area contributed by atoms with E-state index in [4.69, 9.17) is 14.7 Å². The number of carbonyl (C=O) groups excluding carboxylic acids is 2. The molecular formula is C14H13FN2O4. The van der Waals surface area contributed by atoms with Crippen LogP contribution in [0.4, 0.5) is 10.1 Å². The number of hydrogen-bond acceptors (Lipinski definition) is 5. The summed E-state index contributed by atoms with van der Waals surface area (Å²) in [6.45, 7) is 1.60. The van der Waals surface area contributed by atoms with Crippen molar-refractivity contribution in [1.29, 1.82) is 5.26 Å². The van der Waals surface area contributed by atoms with Crippen molar-refractivity contribution in [3.8, 4) is 11.8 Å². The van der Waals surface area contributed by atoms with Crippen LogP contribution >= 0.6 is 0 Å². The summed E-state index contributed by atoms with van der Waals surface area (Å²) in [6, 6.07) is 5.50. The van der Waals surface area contributed by atoms with E-state index in [0.29, 0.717) is 0 Å². The Kier molecular flexibility index (Phi) is 4.38. The van der Waals surface area contributed by atoms with Gasteiger partial charge in [0.25, 0.3) is 5.91 Å². The standard InChI is InChI=1S/C14H13FN2O4/c1-2-20-13(18)8-12-14(19)17(6-5-16)10-7-9(15)3-4-11(10)21-12/h3-4,7,12H,2,6,8H2,1H3. The summed E-state index contributed by atoms with van der Waals surface area (Å²) in [4.78, 5) is 24.8. The van der Waals surface area contributed by atoms with E-state index in [-0.39, 0.29) is 31.0 Å². The van der Waals surface area contributed by atoms with E-state index in [2.05, 4.69) is 0 Å². The summed E-state index contributed by atoms with van der Waals surface area (Å²) >= 11 is 0. The lowest BCUT2D eigenvalue weighted by atomic mass is 10.1. The van der Waals surface area contributed by atoms with Crippen LogP contribution in [0.15, 0.2) is 18.2 Å². The first-order valence-electron chi connectivity index (χ1n) is 6.37. The minimum absolute atomic E-state index is 0.182. The fourth-order valence-corrected chi connectivity index (χ4v) is 2.03. The van der Waals surface area contributed by atoms with Gasteiger partial charge in [0.1, 0.15) is 18.1 Å². The van der Waals surface area contributed by atoms with Gasteiger partial charge in [-0.1, -0.05) is 0 Å². The molecule has 0 aliphatic carbocycles. The van der Waals surface area contributed by atoms with Gasteiger partial charge in [-0.05, 0) is 19.1 Å². The molecule has 2 rings (SSSR count). The van der Waals surface area contributed by atoms with Crippen molar-refractivity contribution >= 4 is 17.6 Å². The average molecular weight is 292 g/mol. The number of fused-ring (bicyclic) bond motifs is 1. The quantitative estimate of drug-likeness (QED) is 0.619. The molecule has 0 aromatic heterocycles. The Labute approximate surface area is 120 Å². The molecule has 1 unspecified atom stereocenters. The monoisotopic (exact) mass is 292 g/mol. The molecule has 1 amide bonds. The maximum Gasteiger partial charge on any atom is 0.310 e. The number of esters is 1. The predicted octanol–water partition coefficient (Wildman–Crippen LogP) is 1.40. The van der Waals surface area contributed by atoms with Crippen LogP contribution in [0.3, 0.4) is 0 Å². The molecule has 6 nitrogen and oxygen atoms in total. The summed E-state index contributed by atoms with van der Waals surface area (Å²) in [6.07, 6.45) is -1.33. The van der Waals surface area contributed by atoms with Crippen molar-refractivity contribution in [3.63, 3.8) is 0 Å². The van der Waals surface area contributed by atoms with E-state index in [1.807, 2.05) is 6.07 Å². The van der Waals surface area contributed by atoms with Gasteiger partial charge in [0, 0.05) is 6.07 Å². The van der Waals surface area contributed by atoms with Crippen molar-refractivity contribution in [3.05, 3.63) is 24.0 Å². The first-order chi connectivity index (χ1) is 10.1. The SMILES string of the molecule is CCOC(=O)CC1Oc2ccc(F)cc2N(CC#N)C1=O. The summed E-state index contributed by atoms with van der Waals surface area (Å²) in [5.74, 6) is -1.43. The van der Waals surface area contributed by atoms with E-state index in [1.165, 1.54) is 12.1 Å². The lowest BCUT2D eigenvalue weighted by Gasteiger charge is -2.32. The fourth-order valence-electron chi connectivity index (χ4n) is 2.03. The Hall–Kier alpha value is -2.62. The van der Waals surface area contributed by atoms with Crippen LogP contribution in [0.1, 0.15) is 13.3 Å². The molecule has 1 aromatic carbocycles. The summed E-state index contributed by atoms with van der Waals surface area (Å²) < 4.78 is 23.5. The second kappa shape index (κ2) is 6.22. The molecule has 1 aliphatic heterocycles. The number of anilines is 1. The number of nitriles is 1. The molecule has 0 saturated carbocycles. The zero-order chi connectivity index (χ0) is 15.4. The van der Waals surface area contributed by atoms with Crippen molar-refractivity contribution in [2.24, 2.45) is 0 Å². The molecule has 0 bridgehead atoms. The lowest BCUT2D eigenvalue weighted by Crippen LogP contribution is -2.47. The predicted molar refractivity (Wildman–Crippen MR) is 70.0 cm³/mol. The Bertz CT molecular complexity index is 611. The van der Waals surface area contributed by atoms with Crippen LogP contribution in [0, 0.1) is 17.1 Å². The first kappa shape index (κ1) is 14.8. The zero-order valence-electron chi connectivity index (χ0n) is 11.3. The smallest absolute Gasteiger partial charge is 0.310 e. The topological polar surface area (TPSA) is 79.6 Å². The number of hydrogen-bond donors (Lipinski definition) is 0. The molecule has 1 heterocycles. The highest BCUT2D eigenvalue weighted by molar-refractivity contribution is 6.01. The lowest BCUT2D eigenvalue weighted by molar-refractivity contribution is -0.147. The number of amides is 1. The number of rotatable bonds is 4.